The summed E-state index contributed by atoms with van der Waals surface area (Å²) in [5.41, 5.74) is 3.27. The van der Waals surface area contributed by atoms with Gasteiger partial charge in [-0.25, -0.2) is 14.4 Å². The number of benzene rings is 6. The molecule has 0 amide bonds. The molecule has 2 fully saturated rings. The van der Waals surface area contributed by atoms with Gasteiger partial charge in [0.1, 0.15) is 37.1 Å². The Morgan fingerprint density at radius 2 is 0.833 bits per heavy atom. The molecule has 0 radical (unpaired) electrons. The molecule has 13 heteroatoms. The number of esters is 3. The van der Waals surface area contributed by atoms with E-state index in [-0.39, 0.29) is 43.1 Å². The normalized spacial score (nSPS) is 23.7. The Bertz CT molecular complexity index is 2410. The van der Waals surface area contributed by atoms with Gasteiger partial charge < -0.3 is 47.7 Å². The molecule has 0 unspecified atom stereocenters. The van der Waals surface area contributed by atoms with Crippen molar-refractivity contribution >= 4 is 17.9 Å². The van der Waals surface area contributed by atoms with Gasteiger partial charge in [-0.2, -0.15) is 0 Å². The minimum atomic E-state index is -1.51. The summed E-state index contributed by atoms with van der Waals surface area (Å²) in [6.07, 6.45) is -11.5. The fourth-order valence-corrected chi connectivity index (χ4v) is 7.67. The molecule has 1 N–H and O–H groups in total. The lowest BCUT2D eigenvalue weighted by atomic mass is 9.97. The van der Waals surface area contributed by atoms with Crippen molar-refractivity contribution in [2.45, 2.75) is 75.1 Å². The van der Waals surface area contributed by atoms with E-state index in [2.05, 4.69) is 0 Å². The molecule has 0 aliphatic carbocycles. The van der Waals surface area contributed by atoms with Crippen molar-refractivity contribution in [3.8, 4) is 0 Å². The molecule has 0 bridgehead atoms. The van der Waals surface area contributed by atoms with Gasteiger partial charge in [0, 0.05) is 0 Å². The lowest BCUT2D eigenvalue weighted by Crippen LogP contribution is -2.62. The second-order valence-electron chi connectivity index (χ2n) is 15.7. The highest BCUT2D eigenvalue weighted by molar-refractivity contribution is 5.91. The molecule has 6 aromatic rings. The van der Waals surface area contributed by atoms with Crippen molar-refractivity contribution < 1.29 is 62.1 Å². The molecule has 13 nitrogen and oxygen atoms in total. The molecule has 2 aliphatic rings. The number of aliphatic hydroxyl groups excluding tert-OH is 1. The molecule has 8 rings (SSSR count). The maximum Gasteiger partial charge on any atom is 0.338 e. The second kappa shape index (κ2) is 23.1. The standard InChI is InChI=1S/C53H50O13/c54-49(39-25-13-4-14-26-39)61-35-43-45(64-50(55)40-27-15-5-16-28-40)48(65-51(56)41-29-17-6-18-30-41)53(63-43)66-44-42(34-58-31-36-19-7-1-8-20-36)62-52(57)47(60-33-38-23-11-3-12-24-38)46(44)59-32-37-21-9-2-10-22-37/h1-30,42-48,52-53,57H,31-35H2/t42-,43-,44-,45-,46+,47-,48+,52+,53-/m1/s1. The summed E-state index contributed by atoms with van der Waals surface area (Å²) < 4.78 is 57.3. The fourth-order valence-electron chi connectivity index (χ4n) is 7.67. The van der Waals surface area contributed by atoms with Crippen LogP contribution in [0.3, 0.4) is 0 Å². The summed E-state index contributed by atoms with van der Waals surface area (Å²) in [7, 11) is 0. The number of carbonyl (C=O) groups is 3. The molecule has 9 atom stereocenters. The highest BCUT2D eigenvalue weighted by atomic mass is 16.8. The van der Waals surface area contributed by atoms with Crippen LogP contribution in [0.1, 0.15) is 47.8 Å². The van der Waals surface area contributed by atoms with Crippen LogP contribution >= 0.6 is 0 Å². The molecule has 2 heterocycles. The Hall–Kier alpha value is -6.55. The number of aliphatic hydroxyl groups is 1. The number of hydrogen-bond acceptors (Lipinski definition) is 13. The first-order valence-corrected chi connectivity index (χ1v) is 21.7. The van der Waals surface area contributed by atoms with Gasteiger partial charge in [-0.15, -0.1) is 0 Å². The van der Waals surface area contributed by atoms with Crippen LogP contribution in [-0.4, -0.2) is 91.5 Å². The summed E-state index contributed by atoms with van der Waals surface area (Å²) >= 11 is 0. The minimum Gasteiger partial charge on any atom is -0.459 e. The van der Waals surface area contributed by atoms with Crippen LogP contribution in [0.15, 0.2) is 182 Å². The molecular formula is C53H50O13. The van der Waals surface area contributed by atoms with Gasteiger partial charge >= 0.3 is 17.9 Å². The van der Waals surface area contributed by atoms with Gasteiger partial charge in [0.05, 0.1) is 43.1 Å². The van der Waals surface area contributed by atoms with Crippen molar-refractivity contribution in [3.05, 3.63) is 215 Å². The van der Waals surface area contributed by atoms with E-state index < -0.39 is 79.8 Å². The second-order valence-corrected chi connectivity index (χ2v) is 15.7. The van der Waals surface area contributed by atoms with Crippen LogP contribution in [0, 0.1) is 0 Å². The Labute approximate surface area is 382 Å². The number of rotatable bonds is 19. The summed E-state index contributed by atoms with van der Waals surface area (Å²) in [5.74, 6) is -2.17. The van der Waals surface area contributed by atoms with Crippen LogP contribution in [0.2, 0.25) is 0 Å². The van der Waals surface area contributed by atoms with E-state index in [9.17, 15) is 19.5 Å². The highest BCUT2D eigenvalue weighted by Crippen LogP contribution is 2.36. The lowest BCUT2D eigenvalue weighted by Gasteiger charge is -2.45. The van der Waals surface area contributed by atoms with E-state index in [1.165, 1.54) is 0 Å². The van der Waals surface area contributed by atoms with Gasteiger partial charge in [0.2, 0.25) is 0 Å². The highest BCUT2D eigenvalue weighted by Gasteiger charge is 2.55. The van der Waals surface area contributed by atoms with Crippen LogP contribution < -0.4 is 0 Å². The zero-order valence-corrected chi connectivity index (χ0v) is 35.9. The summed E-state index contributed by atoms with van der Waals surface area (Å²) in [6.45, 7) is -0.160. The van der Waals surface area contributed by atoms with Crippen LogP contribution in [0.25, 0.3) is 0 Å². The first kappa shape index (κ1) is 46.0. The van der Waals surface area contributed by atoms with Gasteiger partial charge in [-0.3, -0.25) is 0 Å². The molecule has 2 saturated heterocycles. The SMILES string of the molecule is O=C(OC[C@H]1O[C@H](O[C@H]2[C@H](OCc3ccccc3)[C@@H](OCc3ccccc3)[C@@H](O)O[C@@H]2COCc2ccccc2)[C@@H](OC(=O)c2ccccc2)[C@@H]1OC(=O)c1ccccc1)c1ccccc1. The predicted octanol–water partition coefficient (Wildman–Crippen LogP) is 7.51. The number of hydrogen-bond donors (Lipinski definition) is 1. The van der Waals surface area contributed by atoms with Gasteiger partial charge in [-0.05, 0) is 53.1 Å². The predicted molar refractivity (Wildman–Crippen MR) is 239 cm³/mol. The third-order valence-corrected chi connectivity index (χ3v) is 11.0. The molecular weight excluding hydrogens is 845 g/mol. The Balaban J connectivity index is 1.15. The largest absolute Gasteiger partial charge is 0.459 e. The van der Waals surface area contributed by atoms with E-state index in [0.29, 0.717) is 0 Å². The van der Waals surface area contributed by atoms with Crippen LogP contribution in [-0.2, 0) is 62.5 Å². The summed E-state index contributed by atoms with van der Waals surface area (Å²) in [5, 5.41) is 11.7. The molecule has 0 aromatic heterocycles. The van der Waals surface area contributed by atoms with E-state index in [4.69, 9.17) is 42.6 Å². The van der Waals surface area contributed by atoms with E-state index in [1.807, 2.05) is 91.0 Å². The number of carbonyl (C=O) groups excluding carboxylic acids is 3. The van der Waals surface area contributed by atoms with Gasteiger partial charge in [0.25, 0.3) is 0 Å². The van der Waals surface area contributed by atoms with Crippen LogP contribution in [0.5, 0.6) is 0 Å². The molecule has 66 heavy (non-hydrogen) atoms. The molecule has 0 spiro atoms. The van der Waals surface area contributed by atoms with Crippen molar-refractivity contribution in [2.75, 3.05) is 13.2 Å². The van der Waals surface area contributed by atoms with E-state index in [1.54, 1.807) is 91.0 Å². The van der Waals surface area contributed by atoms with Crippen molar-refractivity contribution in [1.29, 1.82) is 0 Å². The van der Waals surface area contributed by atoms with E-state index >= 15 is 0 Å². The first-order valence-electron chi connectivity index (χ1n) is 21.7. The third kappa shape index (κ3) is 12.2. The average molecular weight is 895 g/mol. The minimum absolute atomic E-state index is 0.0776. The van der Waals surface area contributed by atoms with Gasteiger partial charge in [-0.1, -0.05) is 146 Å². The summed E-state index contributed by atoms with van der Waals surface area (Å²) in [6, 6.07) is 53.4. The van der Waals surface area contributed by atoms with Crippen molar-refractivity contribution in [1.82, 2.24) is 0 Å². The topological polar surface area (TPSA) is 155 Å². The zero-order valence-electron chi connectivity index (χ0n) is 35.9. The Morgan fingerprint density at radius 3 is 1.33 bits per heavy atom. The third-order valence-electron chi connectivity index (χ3n) is 11.0. The zero-order chi connectivity index (χ0) is 45.5. The molecule has 6 aromatic carbocycles. The van der Waals surface area contributed by atoms with Crippen molar-refractivity contribution in [3.63, 3.8) is 0 Å². The maximum atomic E-state index is 14.0. The average Bonchev–Trinajstić information content (AvgIpc) is 3.68. The van der Waals surface area contributed by atoms with Crippen molar-refractivity contribution in [2.24, 2.45) is 0 Å². The lowest BCUT2D eigenvalue weighted by molar-refractivity contribution is -0.337. The molecule has 0 saturated carbocycles. The quantitative estimate of drug-likeness (QED) is 0.0631. The Morgan fingerprint density at radius 1 is 0.424 bits per heavy atom. The maximum absolute atomic E-state index is 14.0. The number of ether oxygens (including phenoxy) is 9. The molecule has 340 valence electrons. The van der Waals surface area contributed by atoms with Gasteiger partial charge in [0.15, 0.2) is 24.8 Å². The first-order chi connectivity index (χ1) is 32.4. The monoisotopic (exact) mass is 894 g/mol. The van der Waals surface area contributed by atoms with E-state index in [0.717, 1.165) is 16.7 Å². The Kier molecular flexibility index (Phi) is 16.1. The smallest absolute Gasteiger partial charge is 0.338 e. The fraction of sp³-hybridized carbons (Fsp3) is 0.264. The summed E-state index contributed by atoms with van der Waals surface area (Å²) in [4.78, 5) is 41.2. The molecule has 2 aliphatic heterocycles. The van der Waals surface area contributed by atoms with Crippen LogP contribution in [0.4, 0.5) is 0 Å².